The summed E-state index contributed by atoms with van der Waals surface area (Å²) in [6.07, 6.45) is 5.25. The van der Waals surface area contributed by atoms with Crippen LogP contribution in [0.25, 0.3) is 0 Å². The minimum Gasteiger partial charge on any atom is -0.478 e. The first-order chi connectivity index (χ1) is 5.57. The molecule has 0 rings (SSSR count). The van der Waals surface area contributed by atoms with Crippen LogP contribution in [-0.4, -0.2) is 22.3 Å². The molecule has 68 valence electrons. The highest BCUT2D eigenvalue weighted by atomic mass is 16.4. The molecule has 0 amide bonds. The molecule has 3 nitrogen and oxygen atoms in total. The molecule has 2 N–H and O–H groups in total. The van der Waals surface area contributed by atoms with Crippen LogP contribution in [0.1, 0.15) is 13.8 Å². The van der Waals surface area contributed by atoms with Gasteiger partial charge in [-0.1, -0.05) is 25.2 Å². The molecule has 0 saturated heterocycles. The lowest BCUT2D eigenvalue weighted by Gasteiger charge is -2.09. The SMILES string of the molecule is C/C=C/[C@H](O)[C@@H](C)/C=C/C(=O)O. The van der Waals surface area contributed by atoms with E-state index < -0.39 is 12.1 Å². The number of aliphatic hydroxyl groups excluding tert-OH is 1. The summed E-state index contributed by atoms with van der Waals surface area (Å²) >= 11 is 0. The number of aliphatic hydroxyl groups is 1. The van der Waals surface area contributed by atoms with Gasteiger partial charge in [0.15, 0.2) is 0 Å². The first kappa shape index (κ1) is 10.9. The molecule has 0 aromatic rings. The third-order valence-corrected chi connectivity index (χ3v) is 1.47. The number of rotatable bonds is 4. The molecule has 0 aliphatic rings. The van der Waals surface area contributed by atoms with Crippen LogP contribution in [0, 0.1) is 5.92 Å². The van der Waals surface area contributed by atoms with Gasteiger partial charge < -0.3 is 10.2 Å². The Kier molecular flexibility index (Phi) is 5.04. The number of hydrogen-bond acceptors (Lipinski definition) is 2. The fourth-order valence-electron chi connectivity index (χ4n) is 0.720. The molecule has 0 radical (unpaired) electrons. The van der Waals surface area contributed by atoms with Gasteiger partial charge in [0.1, 0.15) is 0 Å². The molecule has 0 fully saturated rings. The molecule has 0 unspecified atom stereocenters. The van der Waals surface area contributed by atoms with Crippen LogP contribution < -0.4 is 0 Å². The standard InChI is InChI=1S/C9H14O3/c1-3-4-8(10)7(2)5-6-9(11)12/h3-8,10H,1-2H3,(H,11,12)/b4-3+,6-5+/t7-,8-/m0/s1. The minimum atomic E-state index is -0.991. The zero-order valence-electron chi connectivity index (χ0n) is 7.27. The molecule has 0 spiro atoms. The summed E-state index contributed by atoms with van der Waals surface area (Å²) in [6, 6.07) is 0. The number of carboxylic acids is 1. The lowest BCUT2D eigenvalue weighted by molar-refractivity contribution is -0.131. The highest BCUT2D eigenvalue weighted by Gasteiger charge is 2.06. The highest BCUT2D eigenvalue weighted by Crippen LogP contribution is 2.05. The summed E-state index contributed by atoms with van der Waals surface area (Å²) in [6.45, 7) is 3.56. The van der Waals surface area contributed by atoms with E-state index in [1.54, 1.807) is 26.0 Å². The average molecular weight is 170 g/mol. The normalized spacial score (nSPS) is 16.9. The molecule has 0 bridgehead atoms. The van der Waals surface area contributed by atoms with Gasteiger partial charge in [-0.2, -0.15) is 0 Å². The minimum absolute atomic E-state index is 0.169. The van der Waals surface area contributed by atoms with Crippen molar-refractivity contribution in [3.05, 3.63) is 24.3 Å². The molecular weight excluding hydrogens is 156 g/mol. The number of aliphatic carboxylic acids is 1. The number of hydrogen-bond donors (Lipinski definition) is 2. The van der Waals surface area contributed by atoms with Crippen molar-refractivity contribution in [1.82, 2.24) is 0 Å². The molecule has 0 aromatic heterocycles. The Morgan fingerprint density at radius 3 is 2.42 bits per heavy atom. The monoisotopic (exact) mass is 170 g/mol. The van der Waals surface area contributed by atoms with Crippen LogP contribution in [0.4, 0.5) is 0 Å². The van der Waals surface area contributed by atoms with Gasteiger partial charge in [-0.05, 0) is 6.92 Å². The van der Waals surface area contributed by atoms with Crippen molar-refractivity contribution in [3.63, 3.8) is 0 Å². The van der Waals surface area contributed by atoms with Gasteiger partial charge in [0, 0.05) is 12.0 Å². The lowest BCUT2D eigenvalue weighted by Crippen LogP contribution is -2.12. The zero-order chi connectivity index (χ0) is 9.56. The lowest BCUT2D eigenvalue weighted by atomic mass is 10.0. The fraction of sp³-hybridized carbons (Fsp3) is 0.444. The van der Waals surface area contributed by atoms with E-state index in [0.29, 0.717) is 0 Å². The van der Waals surface area contributed by atoms with Crippen molar-refractivity contribution >= 4 is 5.97 Å². The van der Waals surface area contributed by atoms with Crippen LogP contribution >= 0.6 is 0 Å². The van der Waals surface area contributed by atoms with E-state index in [-0.39, 0.29) is 5.92 Å². The Bertz CT molecular complexity index is 194. The smallest absolute Gasteiger partial charge is 0.327 e. The van der Waals surface area contributed by atoms with Gasteiger partial charge in [-0.15, -0.1) is 0 Å². The van der Waals surface area contributed by atoms with Crippen LogP contribution in [0.15, 0.2) is 24.3 Å². The van der Waals surface area contributed by atoms with Crippen molar-refractivity contribution in [2.75, 3.05) is 0 Å². The van der Waals surface area contributed by atoms with Gasteiger partial charge in [0.05, 0.1) is 6.10 Å². The average Bonchev–Trinajstić information content (AvgIpc) is 2.00. The third kappa shape index (κ3) is 4.68. The van der Waals surface area contributed by atoms with Crippen molar-refractivity contribution in [2.24, 2.45) is 5.92 Å². The van der Waals surface area contributed by atoms with Crippen molar-refractivity contribution < 1.29 is 15.0 Å². The van der Waals surface area contributed by atoms with E-state index in [1.165, 1.54) is 6.08 Å². The van der Waals surface area contributed by atoms with Crippen molar-refractivity contribution in [1.29, 1.82) is 0 Å². The molecular formula is C9H14O3. The number of carbonyl (C=O) groups is 1. The summed E-state index contributed by atoms with van der Waals surface area (Å²) in [5.74, 6) is -1.16. The van der Waals surface area contributed by atoms with Crippen LogP contribution in [0.2, 0.25) is 0 Å². The maximum absolute atomic E-state index is 10.1. The summed E-state index contributed by atoms with van der Waals surface area (Å²) in [5, 5.41) is 17.6. The van der Waals surface area contributed by atoms with E-state index in [0.717, 1.165) is 6.08 Å². The third-order valence-electron chi connectivity index (χ3n) is 1.47. The van der Waals surface area contributed by atoms with Gasteiger partial charge in [-0.3, -0.25) is 0 Å². The van der Waals surface area contributed by atoms with Gasteiger partial charge >= 0.3 is 5.97 Å². The molecule has 3 heteroatoms. The molecule has 2 atom stereocenters. The maximum Gasteiger partial charge on any atom is 0.327 e. The second-order valence-corrected chi connectivity index (χ2v) is 2.57. The van der Waals surface area contributed by atoms with Crippen molar-refractivity contribution in [2.45, 2.75) is 20.0 Å². The quantitative estimate of drug-likeness (QED) is 0.492. The summed E-state index contributed by atoms with van der Waals surface area (Å²) in [4.78, 5) is 10.1. The number of carboxylic acid groups (broad SMARTS) is 1. The summed E-state index contributed by atoms with van der Waals surface area (Å²) < 4.78 is 0. The first-order valence-electron chi connectivity index (χ1n) is 3.80. The van der Waals surface area contributed by atoms with Gasteiger partial charge in [-0.25, -0.2) is 4.79 Å². The second kappa shape index (κ2) is 5.55. The summed E-state index contributed by atoms with van der Waals surface area (Å²) in [5.41, 5.74) is 0. The molecule has 0 aliphatic heterocycles. The number of allylic oxidation sites excluding steroid dienone is 1. The molecule has 0 saturated carbocycles. The molecule has 12 heavy (non-hydrogen) atoms. The van der Waals surface area contributed by atoms with E-state index >= 15 is 0 Å². The highest BCUT2D eigenvalue weighted by molar-refractivity contribution is 5.79. The van der Waals surface area contributed by atoms with Crippen LogP contribution in [-0.2, 0) is 4.79 Å². The predicted molar refractivity (Wildman–Crippen MR) is 46.8 cm³/mol. The van der Waals surface area contributed by atoms with Gasteiger partial charge in [0.2, 0.25) is 0 Å². The van der Waals surface area contributed by atoms with E-state index in [1.807, 2.05) is 0 Å². The molecule has 0 aliphatic carbocycles. The fourth-order valence-corrected chi connectivity index (χ4v) is 0.720. The summed E-state index contributed by atoms with van der Waals surface area (Å²) in [7, 11) is 0. The van der Waals surface area contributed by atoms with Crippen LogP contribution in [0.3, 0.4) is 0 Å². The van der Waals surface area contributed by atoms with Gasteiger partial charge in [0.25, 0.3) is 0 Å². The zero-order valence-corrected chi connectivity index (χ0v) is 7.27. The Balaban J connectivity index is 4.02. The first-order valence-corrected chi connectivity index (χ1v) is 3.80. The Morgan fingerprint density at radius 2 is 2.00 bits per heavy atom. The Hall–Kier alpha value is -1.09. The second-order valence-electron chi connectivity index (χ2n) is 2.57. The largest absolute Gasteiger partial charge is 0.478 e. The predicted octanol–water partition coefficient (Wildman–Crippen LogP) is 1.20. The topological polar surface area (TPSA) is 57.5 Å². The van der Waals surface area contributed by atoms with E-state index in [2.05, 4.69) is 0 Å². The Morgan fingerprint density at radius 1 is 1.42 bits per heavy atom. The van der Waals surface area contributed by atoms with Crippen molar-refractivity contribution in [3.8, 4) is 0 Å². The van der Waals surface area contributed by atoms with E-state index in [4.69, 9.17) is 5.11 Å². The Labute approximate surface area is 72.0 Å². The van der Waals surface area contributed by atoms with E-state index in [9.17, 15) is 9.90 Å². The molecule has 0 heterocycles. The van der Waals surface area contributed by atoms with Crippen LogP contribution in [0.5, 0.6) is 0 Å². The molecule has 0 aromatic carbocycles. The maximum atomic E-state index is 10.1.